The lowest BCUT2D eigenvalue weighted by Crippen LogP contribution is -2.22. The number of aryl methyl sites for hydroxylation is 1. The molecular weight excluding hydrogens is 520 g/mol. The summed E-state index contributed by atoms with van der Waals surface area (Å²) in [5, 5.41) is 13.8. The maximum atomic E-state index is 14.2. The van der Waals surface area contributed by atoms with E-state index in [1.165, 1.54) is 7.11 Å². The Labute approximate surface area is 233 Å². The topological polar surface area (TPSA) is 102 Å². The number of ketones is 1. The molecule has 8 nitrogen and oxygen atoms in total. The zero-order valence-corrected chi connectivity index (χ0v) is 23.8. The monoisotopic (exact) mass is 554 g/mol. The molecule has 0 radical (unpaired) electrons. The Morgan fingerprint density at radius 3 is 2.36 bits per heavy atom. The average Bonchev–Trinajstić information content (AvgIpc) is 3.37. The zero-order chi connectivity index (χ0) is 28.5. The third-order valence-corrected chi connectivity index (χ3v) is 6.25. The van der Waals surface area contributed by atoms with E-state index in [0.29, 0.717) is 39.1 Å². The minimum absolute atomic E-state index is 0.123. The third-order valence-electron chi connectivity index (χ3n) is 6.02. The molecule has 0 bridgehead atoms. The molecule has 0 saturated carbocycles. The fourth-order valence-corrected chi connectivity index (χ4v) is 4.39. The van der Waals surface area contributed by atoms with Gasteiger partial charge in [0.15, 0.2) is 5.78 Å². The van der Waals surface area contributed by atoms with Gasteiger partial charge in [0.05, 0.1) is 27.9 Å². The largest absolute Gasteiger partial charge is 0.497 e. The van der Waals surface area contributed by atoms with Gasteiger partial charge in [-0.3, -0.25) is 4.79 Å². The molecule has 0 saturated heterocycles. The molecule has 4 rings (SSSR count). The number of aliphatic hydroxyl groups excluding tert-OH is 1. The smallest absolute Gasteiger partial charge is 0.191 e. The van der Waals surface area contributed by atoms with Gasteiger partial charge in [0, 0.05) is 63.2 Å². The molecule has 3 aromatic carbocycles. The van der Waals surface area contributed by atoms with Crippen LogP contribution >= 0.6 is 11.6 Å². The van der Waals surface area contributed by atoms with E-state index in [2.05, 4.69) is 10.3 Å². The Balaban J connectivity index is 0.00000205. The van der Waals surface area contributed by atoms with Crippen LogP contribution in [-0.4, -0.2) is 50.4 Å². The lowest BCUT2D eigenvalue weighted by atomic mass is 9.95. The molecule has 0 spiro atoms. The summed E-state index contributed by atoms with van der Waals surface area (Å²) in [6.07, 6.45) is 1.70. The SMILES string of the molecule is CC.COc1cc(NC(C(=O)c2c[nH]c3cc(OC)c(C)cc23)c2ccc(Cl)cc2OC)cc(OCCO)c1. The van der Waals surface area contributed by atoms with Crippen molar-refractivity contribution in [2.75, 3.05) is 39.9 Å². The third kappa shape index (κ3) is 6.77. The summed E-state index contributed by atoms with van der Waals surface area (Å²) in [6, 6.07) is 13.3. The molecule has 0 aliphatic carbocycles. The predicted octanol–water partition coefficient (Wildman–Crippen LogP) is 6.59. The van der Waals surface area contributed by atoms with Crippen molar-refractivity contribution < 1.29 is 28.8 Å². The Morgan fingerprint density at radius 2 is 1.69 bits per heavy atom. The van der Waals surface area contributed by atoms with Crippen molar-refractivity contribution in [1.29, 1.82) is 0 Å². The Hall–Kier alpha value is -3.88. The van der Waals surface area contributed by atoms with Crippen LogP contribution in [0.4, 0.5) is 5.69 Å². The quantitative estimate of drug-likeness (QED) is 0.180. The van der Waals surface area contributed by atoms with Crippen molar-refractivity contribution in [3.63, 3.8) is 0 Å². The highest BCUT2D eigenvalue weighted by atomic mass is 35.5. The second kappa shape index (κ2) is 13.8. The van der Waals surface area contributed by atoms with E-state index >= 15 is 0 Å². The molecule has 3 N–H and O–H groups in total. The van der Waals surface area contributed by atoms with Gasteiger partial charge in [0.2, 0.25) is 0 Å². The van der Waals surface area contributed by atoms with E-state index in [0.717, 1.165) is 22.2 Å². The highest BCUT2D eigenvalue weighted by molar-refractivity contribution is 6.30. The molecule has 9 heteroatoms. The van der Waals surface area contributed by atoms with Gasteiger partial charge in [-0.1, -0.05) is 31.5 Å². The van der Waals surface area contributed by atoms with Crippen LogP contribution in [-0.2, 0) is 0 Å². The number of hydrogen-bond acceptors (Lipinski definition) is 7. The Bertz CT molecular complexity index is 1420. The predicted molar refractivity (Wildman–Crippen MR) is 155 cm³/mol. The number of H-pyrrole nitrogens is 1. The number of aliphatic hydroxyl groups is 1. The molecule has 0 fully saturated rings. The van der Waals surface area contributed by atoms with Crippen LogP contribution < -0.4 is 24.3 Å². The van der Waals surface area contributed by atoms with Gasteiger partial charge in [-0.2, -0.15) is 0 Å². The summed E-state index contributed by atoms with van der Waals surface area (Å²) in [6.45, 7) is 5.92. The number of anilines is 1. The maximum Gasteiger partial charge on any atom is 0.191 e. The fourth-order valence-electron chi connectivity index (χ4n) is 4.23. The van der Waals surface area contributed by atoms with Crippen molar-refractivity contribution in [1.82, 2.24) is 4.98 Å². The molecule has 4 aromatic rings. The van der Waals surface area contributed by atoms with Crippen LogP contribution in [0.15, 0.2) is 54.7 Å². The number of fused-ring (bicyclic) bond motifs is 1. The summed E-state index contributed by atoms with van der Waals surface area (Å²) < 4.78 is 22.0. The Kier molecular flexibility index (Phi) is 10.5. The summed E-state index contributed by atoms with van der Waals surface area (Å²) in [5.74, 6) is 2.03. The molecule has 39 heavy (non-hydrogen) atoms. The molecular formula is C30H35ClN2O6. The van der Waals surface area contributed by atoms with Gasteiger partial charge >= 0.3 is 0 Å². The number of benzene rings is 3. The highest BCUT2D eigenvalue weighted by Gasteiger charge is 2.28. The number of nitrogens with one attached hydrogen (secondary N) is 2. The molecule has 1 atom stereocenters. The van der Waals surface area contributed by atoms with Crippen LogP contribution in [0.25, 0.3) is 10.9 Å². The van der Waals surface area contributed by atoms with Crippen molar-refractivity contribution in [2.45, 2.75) is 26.8 Å². The van der Waals surface area contributed by atoms with E-state index in [1.54, 1.807) is 56.8 Å². The molecule has 0 aliphatic heterocycles. The Morgan fingerprint density at radius 1 is 0.974 bits per heavy atom. The maximum absolute atomic E-state index is 14.2. The molecule has 1 heterocycles. The lowest BCUT2D eigenvalue weighted by molar-refractivity contribution is 0.0970. The van der Waals surface area contributed by atoms with Gasteiger partial charge in [0.1, 0.15) is 35.6 Å². The number of aromatic amines is 1. The van der Waals surface area contributed by atoms with Crippen LogP contribution in [0.2, 0.25) is 5.02 Å². The number of methoxy groups -OCH3 is 3. The number of rotatable bonds is 11. The minimum Gasteiger partial charge on any atom is -0.497 e. The van der Waals surface area contributed by atoms with E-state index in [1.807, 2.05) is 32.9 Å². The van der Waals surface area contributed by atoms with Gasteiger partial charge in [-0.15, -0.1) is 0 Å². The van der Waals surface area contributed by atoms with E-state index < -0.39 is 6.04 Å². The summed E-state index contributed by atoms with van der Waals surface area (Å²) in [7, 11) is 4.69. The highest BCUT2D eigenvalue weighted by Crippen LogP contribution is 2.37. The standard InChI is InChI=1S/C28H29ClN2O6.C2H6/c1-16-9-22-23(15-30-24(22)14-25(16)35-3)28(33)27(21-6-5-17(29)10-26(21)36-4)31-18-11-19(34-2)13-20(12-18)37-8-7-32;1-2/h5-6,9-15,27,30-32H,7-8H2,1-4H3;1-2H3. The summed E-state index contributed by atoms with van der Waals surface area (Å²) in [4.78, 5) is 17.3. The minimum atomic E-state index is -0.841. The first-order chi connectivity index (χ1) is 18.9. The van der Waals surface area contributed by atoms with E-state index in [-0.39, 0.29) is 19.0 Å². The lowest BCUT2D eigenvalue weighted by Gasteiger charge is -2.22. The van der Waals surface area contributed by atoms with Crippen LogP contribution in [0.5, 0.6) is 23.0 Å². The molecule has 0 aliphatic rings. The molecule has 1 aromatic heterocycles. The number of Topliss-reactive ketones (excluding diaryl/α,β-unsaturated/α-hetero) is 1. The first-order valence-corrected chi connectivity index (χ1v) is 13.0. The van der Waals surface area contributed by atoms with Gasteiger partial charge in [-0.05, 0) is 30.7 Å². The number of carbonyl (C=O) groups excluding carboxylic acids is 1. The number of halogens is 1. The number of hydrogen-bond donors (Lipinski definition) is 3. The van der Waals surface area contributed by atoms with Crippen LogP contribution in [0, 0.1) is 6.92 Å². The number of aromatic nitrogens is 1. The second-order valence-corrected chi connectivity index (χ2v) is 8.80. The number of ether oxygens (including phenoxy) is 4. The van der Waals surface area contributed by atoms with Crippen LogP contribution in [0.3, 0.4) is 0 Å². The first kappa shape index (κ1) is 29.7. The van der Waals surface area contributed by atoms with Crippen molar-refractivity contribution >= 4 is 34.0 Å². The van der Waals surface area contributed by atoms with Crippen LogP contribution in [0.1, 0.15) is 41.4 Å². The van der Waals surface area contributed by atoms with Gasteiger partial charge < -0.3 is 34.4 Å². The summed E-state index contributed by atoms with van der Waals surface area (Å²) in [5.41, 5.74) is 3.40. The molecule has 1 unspecified atom stereocenters. The second-order valence-electron chi connectivity index (χ2n) is 8.37. The molecule has 0 amide bonds. The van der Waals surface area contributed by atoms with E-state index in [4.69, 9.17) is 35.7 Å². The zero-order valence-electron chi connectivity index (χ0n) is 23.1. The van der Waals surface area contributed by atoms with Crippen molar-refractivity contribution in [2.24, 2.45) is 0 Å². The van der Waals surface area contributed by atoms with Gasteiger partial charge in [0.25, 0.3) is 0 Å². The van der Waals surface area contributed by atoms with Gasteiger partial charge in [-0.25, -0.2) is 0 Å². The molecule has 208 valence electrons. The number of carbonyl (C=O) groups is 1. The fraction of sp³-hybridized carbons (Fsp3) is 0.300. The normalized spacial score (nSPS) is 11.3. The van der Waals surface area contributed by atoms with Crippen molar-refractivity contribution in [3.8, 4) is 23.0 Å². The first-order valence-electron chi connectivity index (χ1n) is 12.6. The summed E-state index contributed by atoms with van der Waals surface area (Å²) >= 11 is 6.22. The van der Waals surface area contributed by atoms with Crippen molar-refractivity contribution in [3.05, 3.63) is 76.4 Å². The average molecular weight is 555 g/mol. The van der Waals surface area contributed by atoms with E-state index in [9.17, 15) is 4.79 Å².